The summed E-state index contributed by atoms with van der Waals surface area (Å²) in [4.78, 5) is 26.6. The first-order valence-corrected chi connectivity index (χ1v) is 11.0. The Morgan fingerprint density at radius 3 is 2.53 bits per heavy atom. The number of hydrogen-bond donors (Lipinski definition) is 1. The van der Waals surface area contributed by atoms with Gasteiger partial charge in [-0.15, -0.1) is 0 Å². The summed E-state index contributed by atoms with van der Waals surface area (Å²) in [5, 5.41) is 12.4. The van der Waals surface area contributed by atoms with Crippen molar-refractivity contribution in [3.63, 3.8) is 0 Å². The fourth-order valence-corrected chi connectivity index (χ4v) is 4.84. The van der Waals surface area contributed by atoms with Gasteiger partial charge in [0.15, 0.2) is 23.1 Å². The van der Waals surface area contributed by atoms with Gasteiger partial charge in [0.05, 0.1) is 18.8 Å². The van der Waals surface area contributed by atoms with Crippen molar-refractivity contribution in [1.82, 2.24) is 9.58 Å². The predicted molar refractivity (Wildman–Crippen MR) is 120 cm³/mol. The van der Waals surface area contributed by atoms with Gasteiger partial charge in [-0.05, 0) is 36.1 Å². The molecule has 1 saturated heterocycles. The zero-order chi connectivity index (χ0) is 24.0. The highest BCUT2D eigenvalue weighted by molar-refractivity contribution is 5.96. The molecule has 176 valence electrons. The van der Waals surface area contributed by atoms with E-state index in [1.165, 1.54) is 27.9 Å². The standard InChI is InChI=1S/C25H23F2N3O4/c1-28-21-10-9-20(34-14-15-7-8-17(26)18(27)13-15)22(16-5-3-2-4-6-16)30(21)29-12-11-19(31)24(32)23(29)25(28)33/h2-8,11-13,20-22,32H,9-10,14H2,1H3/t20-,21+,22-/m1/s1. The van der Waals surface area contributed by atoms with E-state index in [-0.39, 0.29) is 30.6 Å². The second-order valence-electron chi connectivity index (χ2n) is 8.53. The molecular weight excluding hydrogens is 444 g/mol. The van der Waals surface area contributed by atoms with Gasteiger partial charge in [-0.1, -0.05) is 36.4 Å². The zero-order valence-electron chi connectivity index (χ0n) is 18.4. The van der Waals surface area contributed by atoms with Crippen molar-refractivity contribution in [1.29, 1.82) is 0 Å². The molecule has 3 atom stereocenters. The van der Waals surface area contributed by atoms with Crippen molar-refractivity contribution in [2.75, 3.05) is 12.1 Å². The first-order valence-electron chi connectivity index (χ1n) is 11.0. The van der Waals surface area contributed by atoms with Crippen LogP contribution >= 0.6 is 0 Å². The third-order valence-corrected chi connectivity index (χ3v) is 6.51. The van der Waals surface area contributed by atoms with E-state index in [9.17, 15) is 23.5 Å². The second kappa shape index (κ2) is 8.57. The van der Waals surface area contributed by atoms with Gasteiger partial charge >= 0.3 is 0 Å². The summed E-state index contributed by atoms with van der Waals surface area (Å²) in [5.41, 5.74) is 0.675. The van der Waals surface area contributed by atoms with E-state index in [1.807, 2.05) is 35.3 Å². The molecule has 2 aliphatic rings. The largest absolute Gasteiger partial charge is 0.502 e. The first-order chi connectivity index (χ1) is 16.4. The topological polar surface area (TPSA) is 75.0 Å². The molecule has 0 unspecified atom stereocenters. The van der Waals surface area contributed by atoms with Crippen molar-refractivity contribution in [2.24, 2.45) is 0 Å². The number of hydrogen-bond acceptors (Lipinski definition) is 5. The third-order valence-electron chi connectivity index (χ3n) is 6.51. The number of fused-ring (bicyclic) bond motifs is 3. The minimum atomic E-state index is -0.936. The van der Waals surface area contributed by atoms with Gasteiger partial charge in [-0.2, -0.15) is 0 Å². The summed E-state index contributed by atoms with van der Waals surface area (Å²) < 4.78 is 34.8. The van der Waals surface area contributed by atoms with Gasteiger partial charge in [-0.3, -0.25) is 19.3 Å². The normalized spacial score (nSPS) is 21.9. The monoisotopic (exact) mass is 467 g/mol. The van der Waals surface area contributed by atoms with Crippen molar-refractivity contribution < 1.29 is 23.4 Å². The molecule has 1 amide bonds. The Kier molecular flexibility index (Phi) is 5.57. The summed E-state index contributed by atoms with van der Waals surface area (Å²) in [6.45, 7) is 0.0702. The molecule has 3 aromatic rings. The predicted octanol–water partition coefficient (Wildman–Crippen LogP) is 3.30. The van der Waals surface area contributed by atoms with E-state index >= 15 is 0 Å². The molecular formula is C25H23F2N3O4. The number of benzene rings is 2. The SMILES string of the molecule is CN1C(=O)c2c(O)c(=O)ccn2N2[C@H](c3ccccc3)[C@H](OCc3ccc(F)c(F)c3)CC[C@@H]12. The number of nitrogens with zero attached hydrogens (tertiary/aromatic N) is 3. The van der Waals surface area contributed by atoms with Crippen LogP contribution in [0.4, 0.5) is 8.78 Å². The molecule has 34 heavy (non-hydrogen) atoms. The van der Waals surface area contributed by atoms with E-state index in [2.05, 4.69) is 0 Å². The maximum absolute atomic E-state index is 13.7. The Balaban J connectivity index is 1.57. The van der Waals surface area contributed by atoms with Crippen LogP contribution in [0.5, 0.6) is 5.75 Å². The van der Waals surface area contributed by atoms with E-state index in [0.29, 0.717) is 18.4 Å². The van der Waals surface area contributed by atoms with Crippen LogP contribution in [0.2, 0.25) is 0 Å². The first kappa shape index (κ1) is 22.1. The fraction of sp³-hybridized carbons (Fsp3) is 0.280. The minimum Gasteiger partial charge on any atom is -0.502 e. The lowest BCUT2D eigenvalue weighted by atomic mass is 9.90. The van der Waals surface area contributed by atoms with Crippen LogP contribution in [0, 0.1) is 11.6 Å². The van der Waals surface area contributed by atoms with Gasteiger partial charge in [0.25, 0.3) is 5.91 Å². The molecule has 0 spiro atoms. The molecule has 0 bridgehead atoms. The van der Waals surface area contributed by atoms with Gasteiger partial charge in [-0.25, -0.2) is 8.78 Å². The van der Waals surface area contributed by atoms with Crippen LogP contribution in [-0.2, 0) is 11.3 Å². The summed E-state index contributed by atoms with van der Waals surface area (Å²) in [6, 6.07) is 14.1. The number of rotatable bonds is 4. The number of halogens is 2. The van der Waals surface area contributed by atoms with E-state index in [1.54, 1.807) is 7.05 Å². The Labute approximate surface area is 194 Å². The van der Waals surface area contributed by atoms with Crippen molar-refractivity contribution in [2.45, 2.75) is 37.8 Å². The molecule has 1 aromatic heterocycles. The van der Waals surface area contributed by atoms with Crippen molar-refractivity contribution in [3.05, 3.63) is 99.5 Å². The number of carbonyl (C=O) groups is 1. The smallest absolute Gasteiger partial charge is 0.277 e. The van der Waals surface area contributed by atoms with Gasteiger partial charge in [0.1, 0.15) is 6.17 Å². The number of aromatic hydroxyl groups is 1. The van der Waals surface area contributed by atoms with Crippen molar-refractivity contribution in [3.8, 4) is 5.75 Å². The zero-order valence-corrected chi connectivity index (χ0v) is 18.4. The van der Waals surface area contributed by atoms with Gasteiger partial charge < -0.3 is 14.7 Å². The van der Waals surface area contributed by atoms with Crippen LogP contribution in [0.15, 0.2) is 65.6 Å². The highest BCUT2D eigenvalue weighted by Crippen LogP contribution is 2.40. The molecule has 9 heteroatoms. The maximum atomic E-state index is 13.7. The molecule has 0 aliphatic carbocycles. The quantitative estimate of drug-likeness (QED) is 0.638. The number of piperidine rings is 1. The summed E-state index contributed by atoms with van der Waals surface area (Å²) in [6.07, 6.45) is 1.95. The van der Waals surface area contributed by atoms with Crippen LogP contribution in [0.3, 0.4) is 0 Å². The Hall–Kier alpha value is -3.72. The second-order valence-corrected chi connectivity index (χ2v) is 8.53. The highest BCUT2D eigenvalue weighted by Gasteiger charge is 2.46. The van der Waals surface area contributed by atoms with Crippen LogP contribution < -0.4 is 10.4 Å². The molecule has 0 saturated carbocycles. The minimum absolute atomic E-state index is 0.0702. The average Bonchev–Trinajstić information content (AvgIpc) is 2.85. The Morgan fingerprint density at radius 1 is 1.03 bits per heavy atom. The van der Waals surface area contributed by atoms with Crippen LogP contribution in [-0.4, -0.2) is 39.9 Å². The molecule has 5 rings (SSSR count). The molecule has 0 radical (unpaired) electrons. The summed E-state index contributed by atoms with van der Waals surface area (Å²) in [5.74, 6) is -2.90. The van der Waals surface area contributed by atoms with Gasteiger partial charge in [0, 0.05) is 19.3 Å². The molecule has 2 aliphatic heterocycles. The average molecular weight is 467 g/mol. The van der Waals surface area contributed by atoms with E-state index in [0.717, 1.165) is 17.7 Å². The lowest BCUT2D eigenvalue weighted by Crippen LogP contribution is -2.65. The highest BCUT2D eigenvalue weighted by atomic mass is 19.2. The third kappa shape index (κ3) is 3.62. The fourth-order valence-electron chi connectivity index (χ4n) is 4.84. The van der Waals surface area contributed by atoms with Crippen LogP contribution in [0.1, 0.15) is 40.5 Å². The Bertz CT molecular complexity index is 1300. The summed E-state index contributed by atoms with van der Waals surface area (Å²) in [7, 11) is 1.64. The number of pyridine rings is 1. The molecule has 3 heterocycles. The molecule has 7 nitrogen and oxygen atoms in total. The van der Waals surface area contributed by atoms with Gasteiger partial charge in [0.2, 0.25) is 5.43 Å². The lowest BCUT2D eigenvalue weighted by Gasteiger charge is -2.53. The van der Waals surface area contributed by atoms with Crippen LogP contribution in [0.25, 0.3) is 0 Å². The molecule has 1 N–H and O–H groups in total. The number of carbonyl (C=O) groups excluding carboxylic acids is 1. The number of ether oxygens (including phenoxy) is 1. The Morgan fingerprint density at radius 2 is 1.79 bits per heavy atom. The van der Waals surface area contributed by atoms with E-state index in [4.69, 9.17) is 4.74 Å². The lowest BCUT2D eigenvalue weighted by molar-refractivity contribution is -0.0268. The maximum Gasteiger partial charge on any atom is 0.277 e. The molecule has 2 aromatic carbocycles. The number of amides is 1. The number of aromatic nitrogens is 1. The molecule has 1 fully saturated rings. The van der Waals surface area contributed by atoms with Crippen molar-refractivity contribution >= 4 is 5.91 Å². The summed E-state index contributed by atoms with van der Waals surface area (Å²) >= 11 is 0. The van der Waals surface area contributed by atoms with E-state index < -0.39 is 28.7 Å².